The minimum atomic E-state index is -3.97. The first-order valence-electron chi connectivity index (χ1n) is 4.85. The van der Waals surface area contributed by atoms with E-state index in [1.165, 1.54) is 10.8 Å². The highest BCUT2D eigenvalue weighted by molar-refractivity contribution is 9.20. The van der Waals surface area contributed by atoms with Gasteiger partial charge in [0.25, 0.3) is 20.2 Å². The lowest BCUT2D eigenvalue weighted by Gasteiger charge is -2.00. The topological polar surface area (TPSA) is 126 Å². The fourth-order valence-corrected chi connectivity index (χ4v) is 9.07. The highest BCUT2D eigenvalue weighted by atomic mass is 33.7. The Hall–Kier alpha value is 1.02. The van der Waals surface area contributed by atoms with Crippen LogP contribution in [0.2, 0.25) is 0 Å². The Balaban J connectivity index is 3.50. The predicted octanol–water partition coefficient (Wildman–Crippen LogP) is 1.24. The maximum Gasteiger partial charge on any atom is 0.264 e. The summed E-state index contributed by atoms with van der Waals surface area (Å²) < 4.78 is 69.8. The van der Waals surface area contributed by atoms with Gasteiger partial charge in [0.1, 0.15) is 0 Å². The first-order chi connectivity index (χ1) is 8.60. The van der Waals surface area contributed by atoms with E-state index in [9.17, 15) is 21.0 Å². The van der Waals surface area contributed by atoms with Gasteiger partial charge in [-0.05, 0) is 23.6 Å². The summed E-state index contributed by atoms with van der Waals surface area (Å²) in [7, 11) is -5.85. The molecule has 0 aromatic heterocycles. The van der Waals surface area contributed by atoms with Crippen molar-refractivity contribution in [1.82, 2.24) is 0 Å². The van der Waals surface area contributed by atoms with Crippen LogP contribution in [0, 0.1) is 0 Å². The molecular formula is C6H14O7S6. The second-order valence-electron chi connectivity index (χ2n) is 3.20. The van der Waals surface area contributed by atoms with E-state index in [-0.39, 0.29) is 24.3 Å². The van der Waals surface area contributed by atoms with Crippen molar-refractivity contribution < 1.29 is 30.1 Å². The van der Waals surface area contributed by atoms with Gasteiger partial charge in [-0.25, -0.2) is 4.21 Å². The number of rotatable bonds is 11. The van der Waals surface area contributed by atoms with Gasteiger partial charge in [0.05, 0.1) is 11.5 Å². The molecule has 0 aromatic carbocycles. The third-order valence-electron chi connectivity index (χ3n) is 1.46. The number of hydrogen-bond donors (Lipinski definition) is 2. The van der Waals surface area contributed by atoms with Crippen LogP contribution < -0.4 is 0 Å². The van der Waals surface area contributed by atoms with Crippen molar-refractivity contribution >= 4 is 60.5 Å². The van der Waals surface area contributed by atoms with Gasteiger partial charge in [-0.1, -0.05) is 10.8 Å². The van der Waals surface area contributed by atoms with Crippen molar-refractivity contribution in [3.05, 3.63) is 0 Å². The Labute approximate surface area is 126 Å². The van der Waals surface area contributed by atoms with Crippen LogP contribution in [-0.4, -0.2) is 53.2 Å². The Kier molecular flexibility index (Phi) is 10.4. The molecular weight excluding hydrogens is 376 g/mol. The standard InChI is InChI=1S/C6H14O7S6/c7-17(15-4-2-6-19(11,12)13)16-14-3-1-5-18(8,9)10/h1-6H2,(H,8,9,10)(H,11,12,13). The maximum atomic E-state index is 11.4. The fraction of sp³-hybridized carbons (Fsp3) is 1.00. The van der Waals surface area contributed by atoms with Crippen LogP contribution >= 0.6 is 31.4 Å². The average molecular weight is 391 g/mol. The van der Waals surface area contributed by atoms with Gasteiger partial charge in [-0.3, -0.25) is 9.11 Å². The zero-order chi connectivity index (χ0) is 14.9. The highest BCUT2D eigenvalue weighted by Crippen LogP contribution is 2.32. The SMILES string of the molecule is O=S(SCCCS(=O)(=O)O)SSCCCS(=O)(=O)O. The van der Waals surface area contributed by atoms with Crippen LogP contribution in [0.3, 0.4) is 0 Å². The summed E-state index contributed by atoms with van der Waals surface area (Å²) in [6.45, 7) is 0. The Morgan fingerprint density at radius 3 is 1.84 bits per heavy atom. The molecule has 0 saturated heterocycles. The first kappa shape index (κ1) is 20.0. The van der Waals surface area contributed by atoms with E-state index in [0.717, 1.165) is 20.6 Å². The first-order valence-corrected chi connectivity index (χ1v) is 13.6. The molecule has 116 valence electrons. The monoisotopic (exact) mass is 390 g/mol. The van der Waals surface area contributed by atoms with Crippen LogP contribution in [0.4, 0.5) is 0 Å². The highest BCUT2D eigenvalue weighted by Gasteiger charge is 2.08. The summed E-state index contributed by atoms with van der Waals surface area (Å²) >= 11 is 0. The predicted molar refractivity (Wildman–Crippen MR) is 82.7 cm³/mol. The molecule has 7 nitrogen and oxygen atoms in total. The van der Waals surface area contributed by atoms with E-state index in [0.29, 0.717) is 11.5 Å². The van der Waals surface area contributed by atoms with Gasteiger partial charge < -0.3 is 0 Å². The zero-order valence-corrected chi connectivity index (χ0v) is 14.5. The summed E-state index contributed by atoms with van der Waals surface area (Å²) in [6, 6.07) is 0. The summed E-state index contributed by atoms with van der Waals surface area (Å²) in [6.07, 6.45) is 0.477. The van der Waals surface area contributed by atoms with Crippen molar-refractivity contribution in [3.8, 4) is 0 Å². The third kappa shape index (κ3) is 17.0. The van der Waals surface area contributed by atoms with Gasteiger partial charge in [-0.2, -0.15) is 16.8 Å². The molecule has 13 heteroatoms. The molecule has 19 heavy (non-hydrogen) atoms. The molecule has 0 aromatic rings. The zero-order valence-electron chi connectivity index (χ0n) is 9.63. The van der Waals surface area contributed by atoms with Crippen LogP contribution in [0.15, 0.2) is 0 Å². The van der Waals surface area contributed by atoms with E-state index in [2.05, 4.69) is 0 Å². The molecule has 0 amide bonds. The van der Waals surface area contributed by atoms with Gasteiger partial charge in [0, 0.05) is 21.3 Å². The van der Waals surface area contributed by atoms with E-state index in [1.54, 1.807) is 0 Å². The minimum absolute atomic E-state index is 0.212. The van der Waals surface area contributed by atoms with Gasteiger partial charge >= 0.3 is 0 Å². The minimum Gasteiger partial charge on any atom is -0.286 e. The summed E-state index contributed by atoms with van der Waals surface area (Å²) in [5.74, 6) is 0.0881. The summed E-state index contributed by atoms with van der Waals surface area (Å²) in [4.78, 5) is 0. The number of hydrogen-bond acceptors (Lipinski definition) is 8. The van der Waals surface area contributed by atoms with E-state index in [1.807, 2.05) is 0 Å². The van der Waals surface area contributed by atoms with E-state index < -0.39 is 29.1 Å². The summed E-state index contributed by atoms with van der Waals surface area (Å²) in [5.41, 5.74) is 0. The Morgan fingerprint density at radius 1 is 0.895 bits per heavy atom. The quantitative estimate of drug-likeness (QED) is 0.302. The van der Waals surface area contributed by atoms with Gasteiger partial charge in [0.15, 0.2) is 8.86 Å². The molecule has 0 fully saturated rings. The van der Waals surface area contributed by atoms with Crippen molar-refractivity contribution in [2.24, 2.45) is 0 Å². The van der Waals surface area contributed by atoms with Crippen LogP contribution in [-0.2, 0) is 29.1 Å². The second kappa shape index (κ2) is 9.87. The van der Waals surface area contributed by atoms with Gasteiger partial charge in [-0.15, -0.1) is 0 Å². The van der Waals surface area contributed by atoms with Crippen LogP contribution in [0.1, 0.15) is 12.8 Å². The molecule has 2 N–H and O–H groups in total. The Bertz CT molecular complexity index is 468. The lowest BCUT2D eigenvalue weighted by Crippen LogP contribution is -2.04. The maximum absolute atomic E-state index is 11.4. The van der Waals surface area contributed by atoms with Crippen molar-refractivity contribution in [3.63, 3.8) is 0 Å². The lowest BCUT2D eigenvalue weighted by atomic mass is 10.6. The normalized spacial score (nSPS) is 14.4. The van der Waals surface area contributed by atoms with Crippen molar-refractivity contribution in [1.29, 1.82) is 0 Å². The molecule has 0 saturated carbocycles. The van der Waals surface area contributed by atoms with E-state index in [4.69, 9.17) is 9.11 Å². The Morgan fingerprint density at radius 2 is 1.37 bits per heavy atom. The molecule has 0 aliphatic carbocycles. The molecule has 0 aliphatic rings. The smallest absolute Gasteiger partial charge is 0.264 e. The molecule has 0 spiro atoms. The molecule has 0 heterocycles. The molecule has 1 unspecified atom stereocenters. The van der Waals surface area contributed by atoms with Crippen molar-refractivity contribution in [2.75, 3.05) is 23.0 Å². The average Bonchev–Trinajstić information content (AvgIpc) is 2.21. The third-order valence-corrected chi connectivity index (χ3v) is 10.8. The second-order valence-corrected chi connectivity index (χ2v) is 13.7. The molecule has 1 atom stereocenters. The fourth-order valence-electron chi connectivity index (χ4n) is 0.761. The largest absolute Gasteiger partial charge is 0.286 e. The van der Waals surface area contributed by atoms with E-state index >= 15 is 0 Å². The molecule has 0 rings (SSSR count). The molecule has 0 aliphatic heterocycles. The lowest BCUT2D eigenvalue weighted by molar-refractivity contribution is 0.480. The molecule has 0 radical (unpaired) electrons. The van der Waals surface area contributed by atoms with Crippen LogP contribution in [0.5, 0.6) is 0 Å². The molecule has 0 bridgehead atoms. The summed E-state index contributed by atoms with van der Waals surface area (Å²) in [5, 5.41) is 0. The van der Waals surface area contributed by atoms with Crippen molar-refractivity contribution in [2.45, 2.75) is 12.8 Å². The van der Waals surface area contributed by atoms with Crippen LogP contribution in [0.25, 0.3) is 0 Å². The van der Waals surface area contributed by atoms with Gasteiger partial charge in [0.2, 0.25) is 0 Å².